The number of carbonyl (C=O) groups is 1. The van der Waals surface area contributed by atoms with E-state index < -0.39 is 0 Å². The molecule has 0 N–H and O–H groups in total. The molecular weight excluding hydrogens is 228 g/mol. The van der Waals surface area contributed by atoms with Crippen LogP contribution in [0.1, 0.15) is 10.4 Å². The number of methoxy groups -OCH3 is 2. The molecule has 18 heavy (non-hydrogen) atoms. The Hall–Kier alpha value is -2.29. The second kappa shape index (κ2) is 5.36. The molecule has 0 unspecified atom stereocenters. The van der Waals surface area contributed by atoms with Crippen molar-refractivity contribution in [1.82, 2.24) is 0 Å². The second-order valence-corrected chi connectivity index (χ2v) is 3.80. The predicted octanol–water partition coefficient (Wildman–Crippen LogP) is 3.18. The van der Waals surface area contributed by atoms with Gasteiger partial charge in [0.25, 0.3) is 0 Å². The lowest BCUT2D eigenvalue weighted by molar-refractivity contribution is 0.112. The van der Waals surface area contributed by atoms with Gasteiger partial charge in [0, 0.05) is 5.56 Å². The van der Waals surface area contributed by atoms with Crippen LogP contribution >= 0.6 is 0 Å². The lowest BCUT2D eigenvalue weighted by Crippen LogP contribution is -1.91. The molecule has 2 rings (SSSR count). The summed E-state index contributed by atoms with van der Waals surface area (Å²) >= 11 is 0. The Morgan fingerprint density at radius 1 is 0.944 bits per heavy atom. The van der Waals surface area contributed by atoms with Crippen molar-refractivity contribution in [2.45, 2.75) is 0 Å². The largest absolute Gasteiger partial charge is 0.497 e. The third-order valence-electron chi connectivity index (χ3n) is 2.77. The summed E-state index contributed by atoms with van der Waals surface area (Å²) in [5, 5.41) is 0. The van der Waals surface area contributed by atoms with E-state index in [1.165, 1.54) is 0 Å². The van der Waals surface area contributed by atoms with Gasteiger partial charge in [-0.1, -0.05) is 12.1 Å². The molecule has 0 spiro atoms. The lowest BCUT2D eigenvalue weighted by Gasteiger charge is -2.08. The minimum absolute atomic E-state index is 0.600. The average molecular weight is 242 g/mol. The Morgan fingerprint density at radius 3 is 2.33 bits per heavy atom. The summed E-state index contributed by atoms with van der Waals surface area (Å²) in [5.74, 6) is 1.43. The normalized spacial score (nSPS) is 9.89. The molecule has 0 aliphatic carbocycles. The fraction of sp³-hybridized carbons (Fsp3) is 0.133. The molecule has 2 aromatic carbocycles. The minimum Gasteiger partial charge on any atom is -0.497 e. The minimum atomic E-state index is 0.600. The Kier molecular flexibility index (Phi) is 3.63. The quantitative estimate of drug-likeness (QED) is 0.772. The van der Waals surface area contributed by atoms with E-state index in [1.807, 2.05) is 36.4 Å². The molecule has 0 atom stereocenters. The number of ether oxygens (including phenoxy) is 2. The van der Waals surface area contributed by atoms with Crippen molar-refractivity contribution in [1.29, 1.82) is 0 Å². The van der Waals surface area contributed by atoms with E-state index in [-0.39, 0.29) is 0 Å². The molecule has 0 aromatic heterocycles. The van der Waals surface area contributed by atoms with Crippen LogP contribution in [0.4, 0.5) is 0 Å². The van der Waals surface area contributed by atoms with E-state index in [1.54, 1.807) is 20.3 Å². The van der Waals surface area contributed by atoms with Crippen LogP contribution in [0.5, 0.6) is 11.5 Å². The Balaban J connectivity index is 2.52. The maximum Gasteiger partial charge on any atom is 0.150 e. The molecule has 0 heterocycles. The van der Waals surface area contributed by atoms with Crippen LogP contribution < -0.4 is 9.47 Å². The molecule has 3 heteroatoms. The van der Waals surface area contributed by atoms with Crippen LogP contribution in [0.15, 0.2) is 42.5 Å². The highest BCUT2D eigenvalue weighted by molar-refractivity contribution is 5.88. The Morgan fingerprint density at radius 2 is 1.67 bits per heavy atom. The maximum atomic E-state index is 11.1. The zero-order valence-electron chi connectivity index (χ0n) is 10.3. The number of rotatable bonds is 4. The zero-order valence-corrected chi connectivity index (χ0v) is 10.3. The van der Waals surface area contributed by atoms with Gasteiger partial charge in [0.2, 0.25) is 0 Å². The van der Waals surface area contributed by atoms with Crippen LogP contribution in [0.3, 0.4) is 0 Å². The SMILES string of the molecule is COc1cccc(-c2ccc(OC)cc2C=O)c1. The number of benzene rings is 2. The standard InChI is InChI=1S/C15H14O3/c1-17-13-5-3-4-11(8-13)15-7-6-14(18-2)9-12(15)10-16/h3-10H,1-2H3. The van der Waals surface area contributed by atoms with E-state index in [9.17, 15) is 4.79 Å². The van der Waals surface area contributed by atoms with Crippen molar-refractivity contribution in [2.24, 2.45) is 0 Å². The smallest absolute Gasteiger partial charge is 0.150 e. The van der Waals surface area contributed by atoms with Gasteiger partial charge in [0.05, 0.1) is 14.2 Å². The molecule has 0 saturated carbocycles. The molecule has 0 bridgehead atoms. The fourth-order valence-corrected chi connectivity index (χ4v) is 1.82. The van der Waals surface area contributed by atoms with E-state index in [0.29, 0.717) is 11.3 Å². The maximum absolute atomic E-state index is 11.1. The van der Waals surface area contributed by atoms with E-state index >= 15 is 0 Å². The monoisotopic (exact) mass is 242 g/mol. The second-order valence-electron chi connectivity index (χ2n) is 3.80. The first-order valence-electron chi connectivity index (χ1n) is 5.56. The predicted molar refractivity (Wildman–Crippen MR) is 70.4 cm³/mol. The molecule has 0 saturated heterocycles. The number of hydrogen-bond acceptors (Lipinski definition) is 3. The Bertz CT molecular complexity index is 561. The molecule has 0 amide bonds. The van der Waals surface area contributed by atoms with Crippen molar-refractivity contribution in [3.63, 3.8) is 0 Å². The van der Waals surface area contributed by atoms with Gasteiger partial charge in [-0.25, -0.2) is 0 Å². The number of carbonyl (C=O) groups excluding carboxylic acids is 1. The molecule has 0 aliphatic rings. The molecular formula is C15H14O3. The summed E-state index contributed by atoms with van der Waals surface area (Å²) in [6.07, 6.45) is 0.831. The van der Waals surface area contributed by atoms with Crippen LogP contribution in [0, 0.1) is 0 Å². The van der Waals surface area contributed by atoms with E-state index in [2.05, 4.69) is 0 Å². The molecule has 0 radical (unpaired) electrons. The summed E-state index contributed by atoms with van der Waals surface area (Å²) in [7, 11) is 3.20. The van der Waals surface area contributed by atoms with Gasteiger partial charge in [0.15, 0.2) is 6.29 Å². The summed E-state index contributed by atoms with van der Waals surface area (Å²) < 4.78 is 10.3. The topological polar surface area (TPSA) is 35.5 Å². The summed E-state index contributed by atoms with van der Waals surface area (Å²) in [5.41, 5.74) is 2.41. The molecule has 92 valence electrons. The first-order valence-corrected chi connectivity index (χ1v) is 5.56. The third kappa shape index (κ3) is 2.35. The van der Waals surface area contributed by atoms with Crippen LogP contribution in [0.2, 0.25) is 0 Å². The molecule has 2 aromatic rings. The highest BCUT2D eigenvalue weighted by Gasteiger charge is 2.07. The summed E-state index contributed by atoms with van der Waals surface area (Å²) in [6, 6.07) is 13.0. The Labute approximate surface area is 106 Å². The van der Waals surface area contributed by atoms with Crippen LogP contribution in [0.25, 0.3) is 11.1 Å². The van der Waals surface area contributed by atoms with Crippen molar-refractivity contribution >= 4 is 6.29 Å². The highest BCUT2D eigenvalue weighted by Crippen LogP contribution is 2.28. The van der Waals surface area contributed by atoms with E-state index in [4.69, 9.17) is 9.47 Å². The number of aldehydes is 1. The van der Waals surface area contributed by atoms with Crippen LogP contribution in [-0.4, -0.2) is 20.5 Å². The van der Waals surface area contributed by atoms with Crippen LogP contribution in [-0.2, 0) is 0 Å². The number of hydrogen-bond donors (Lipinski definition) is 0. The van der Waals surface area contributed by atoms with Crippen molar-refractivity contribution < 1.29 is 14.3 Å². The van der Waals surface area contributed by atoms with Gasteiger partial charge in [-0.2, -0.15) is 0 Å². The van der Waals surface area contributed by atoms with Gasteiger partial charge in [-0.05, 0) is 41.5 Å². The van der Waals surface area contributed by atoms with Gasteiger partial charge in [-0.3, -0.25) is 4.79 Å². The third-order valence-corrected chi connectivity index (χ3v) is 2.77. The first-order chi connectivity index (χ1) is 8.78. The van der Waals surface area contributed by atoms with Gasteiger partial charge in [0.1, 0.15) is 11.5 Å². The summed E-state index contributed by atoms with van der Waals surface area (Å²) in [6.45, 7) is 0. The van der Waals surface area contributed by atoms with Crippen molar-refractivity contribution in [2.75, 3.05) is 14.2 Å². The lowest BCUT2D eigenvalue weighted by atomic mass is 10.00. The molecule has 0 fully saturated rings. The zero-order chi connectivity index (χ0) is 13.0. The fourth-order valence-electron chi connectivity index (χ4n) is 1.82. The van der Waals surface area contributed by atoms with Gasteiger partial charge in [-0.15, -0.1) is 0 Å². The highest BCUT2D eigenvalue weighted by atomic mass is 16.5. The van der Waals surface area contributed by atoms with E-state index in [0.717, 1.165) is 23.2 Å². The molecule has 0 aliphatic heterocycles. The molecule has 3 nitrogen and oxygen atoms in total. The van der Waals surface area contributed by atoms with Crippen molar-refractivity contribution in [3.05, 3.63) is 48.0 Å². The average Bonchev–Trinajstić information content (AvgIpc) is 2.46. The first kappa shape index (κ1) is 12.2. The van der Waals surface area contributed by atoms with Crippen molar-refractivity contribution in [3.8, 4) is 22.6 Å². The summed E-state index contributed by atoms with van der Waals surface area (Å²) in [4.78, 5) is 11.1. The van der Waals surface area contributed by atoms with Gasteiger partial charge < -0.3 is 9.47 Å². The van der Waals surface area contributed by atoms with Gasteiger partial charge >= 0.3 is 0 Å².